The van der Waals surface area contributed by atoms with Gasteiger partial charge < -0.3 is 5.73 Å². The van der Waals surface area contributed by atoms with Crippen molar-refractivity contribution in [2.75, 3.05) is 0 Å². The zero-order valence-corrected chi connectivity index (χ0v) is 8.00. The molecule has 0 aliphatic heterocycles. The summed E-state index contributed by atoms with van der Waals surface area (Å²) in [5.41, 5.74) is 6.41. The van der Waals surface area contributed by atoms with E-state index in [2.05, 4.69) is 0 Å². The van der Waals surface area contributed by atoms with E-state index >= 15 is 0 Å². The Morgan fingerprint density at radius 2 is 1.79 bits per heavy atom. The van der Waals surface area contributed by atoms with Crippen LogP contribution >= 0.6 is 0 Å². The summed E-state index contributed by atoms with van der Waals surface area (Å²) in [4.78, 5) is 0. The molecular weight excluding hydrogens is 184 g/mol. The largest absolute Gasteiger partial charge is 0.323 e. The predicted molar refractivity (Wildman–Crippen MR) is 53.4 cm³/mol. The molecule has 0 saturated carbocycles. The van der Waals surface area contributed by atoms with Crippen LogP contribution in [0.25, 0.3) is 0 Å². The van der Waals surface area contributed by atoms with Crippen molar-refractivity contribution < 1.29 is 8.78 Å². The van der Waals surface area contributed by atoms with Crippen molar-refractivity contribution in [2.45, 2.75) is 31.7 Å². The highest BCUT2D eigenvalue weighted by Gasteiger charge is 2.13. The molecule has 0 radical (unpaired) electrons. The van der Waals surface area contributed by atoms with Crippen LogP contribution in [0.3, 0.4) is 0 Å². The van der Waals surface area contributed by atoms with Crippen molar-refractivity contribution >= 4 is 0 Å². The van der Waals surface area contributed by atoms with E-state index in [0.717, 1.165) is 12.8 Å². The van der Waals surface area contributed by atoms with Gasteiger partial charge in [-0.3, -0.25) is 0 Å². The van der Waals surface area contributed by atoms with Gasteiger partial charge in [0.25, 0.3) is 6.43 Å². The van der Waals surface area contributed by atoms with Gasteiger partial charge in [0.1, 0.15) is 0 Å². The second-order valence-electron chi connectivity index (χ2n) is 3.38. The summed E-state index contributed by atoms with van der Waals surface area (Å²) >= 11 is 0. The Kier molecular flexibility index (Phi) is 4.53. The van der Waals surface area contributed by atoms with Crippen LogP contribution in [0.2, 0.25) is 0 Å². The molecule has 1 nitrogen and oxygen atoms in total. The minimum absolute atomic E-state index is 0.382. The molecule has 3 heteroatoms. The first-order valence-electron chi connectivity index (χ1n) is 4.78. The third kappa shape index (κ3) is 3.83. The second kappa shape index (κ2) is 5.70. The van der Waals surface area contributed by atoms with Gasteiger partial charge >= 0.3 is 0 Å². The molecule has 0 aliphatic carbocycles. The molecule has 0 saturated heterocycles. The number of hydrogen-bond acceptors (Lipinski definition) is 1. The van der Waals surface area contributed by atoms with Crippen molar-refractivity contribution in [1.29, 1.82) is 0 Å². The molecule has 14 heavy (non-hydrogen) atoms. The number of hydrogen-bond donors (Lipinski definition) is 1. The standard InChI is InChI=1S/C11H15F2N/c12-11(13)10(14)8-4-7-9-5-2-1-3-6-9/h1-3,5-6,10-11H,4,7-8,14H2. The molecule has 0 aliphatic rings. The highest BCUT2D eigenvalue weighted by atomic mass is 19.3. The molecule has 1 rings (SSSR count). The van der Waals surface area contributed by atoms with Crippen LogP contribution in [0.1, 0.15) is 18.4 Å². The first kappa shape index (κ1) is 11.1. The summed E-state index contributed by atoms with van der Waals surface area (Å²) in [7, 11) is 0. The zero-order chi connectivity index (χ0) is 10.4. The number of benzene rings is 1. The molecule has 0 amide bonds. The average molecular weight is 199 g/mol. The summed E-state index contributed by atoms with van der Waals surface area (Å²) in [6, 6.07) is 8.85. The maximum atomic E-state index is 12.0. The first-order valence-corrected chi connectivity index (χ1v) is 4.78. The molecule has 0 heterocycles. The van der Waals surface area contributed by atoms with Gasteiger partial charge in [-0.2, -0.15) is 0 Å². The molecule has 1 atom stereocenters. The van der Waals surface area contributed by atoms with E-state index in [1.807, 2.05) is 30.3 Å². The average Bonchev–Trinajstić information content (AvgIpc) is 2.19. The number of rotatable bonds is 5. The third-order valence-corrected chi connectivity index (χ3v) is 2.17. The number of nitrogens with two attached hydrogens (primary N) is 1. The van der Waals surface area contributed by atoms with E-state index in [-0.39, 0.29) is 0 Å². The van der Waals surface area contributed by atoms with Gasteiger partial charge in [0.05, 0.1) is 6.04 Å². The van der Waals surface area contributed by atoms with Crippen LogP contribution in [-0.4, -0.2) is 12.5 Å². The van der Waals surface area contributed by atoms with E-state index in [0.29, 0.717) is 6.42 Å². The van der Waals surface area contributed by atoms with Crippen molar-refractivity contribution in [3.05, 3.63) is 35.9 Å². The van der Waals surface area contributed by atoms with Crippen LogP contribution in [0.4, 0.5) is 8.78 Å². The summed E-state index contributed by atoms with van der Waals surface area (Å²) in [6.45, 7) is 0. The Balaban J connectivity index is 2.22. The molecule has 0 aromatic heterocycles. The Morgan fingerprint density at radius 3 is 2.36 bits per heavy atom. The van der Waals surface area contributed by atoms with E-state index in [1.54, 1.807) is 0 Å². The van der Waals surface area contributed by atoms with E-state index in [9.17, 15) is 8.78 Å². The lowest BCUT2D eigenvalue weighted by Gasteiger charge is -2.09. The number of alkyl halides is 2. The fourth-order valence-electron chi connectivity index (χ4n) is 1.31. The zero-order valence-electron chi connectivity index (χ0n) is 8.00. The van der Waals surface area contributed by atoms with E-state index < -0.39 is 12.5 Å². The topological polar surface area (TPSA) is 26.0 Å². The van der Waals surface area contributed by atoms with E-state index in [1.165, 1.54) is 5.56 Å². The van der Waals surface area contributed by atoms with Gasteiger partial charge in [0.2, 0.25) is 0 Å². The van der Waals surface area contributed by atoms with Crippen molar-refractivity contribution in [2.24, 2.45) is 5.73 Å². The fourth-order valence-corrected chi connectivity index (χ4v) is 1.31. The fraction of sp³-hybridized carbons (Fsp3) is 0.455. The smallest absolute Gasteiger partial charge is 0.253 e. The first-order chi connectivity index (χ1) is 6.70. The maximum Gasteiger partial charge on any atom is 0.253 e. The van der Waals surface area contributed by atoms with Crippen LogP contribution < -0.4 is 5.73 Å². The number of aryl methyl sites for hydroxylation is 1. The molecule has 1 unspecified atom stereocenters. The van der Waals surface area contributed by atoms with Gasteiger partial charge in [0, 0.05) is 0 Å². The predicted octanol–water partition coefficient (Wildman–Crippen LogP) is 2.60. The molecule has 1 aromatic carbocycles. The summed E-state index contributed by atoms with van der Waals surface area (Å²) in [5, 5.41) is 0. The summed E-state index contributed by atoms with van der Waals surface area (Å²) in [5.74, 6) is 0. The third-order valence-electron chi connectivity index (χ3n) is 2.17. The minimum Gasteiger partial charge on any atom is -0.323 e. The lowest BCUT2D eigenvalue weighted by atomic mass is 10.1. The maximum absolute atomic E-state index is 12.0. The lowest BCUT2D eigenvalue weighted by molar-refractivity contribution is 0.111. The Hall–Kier alpha value is -0.960. The molecule has 1 aromatic rings. The molecule has 0 fully saturated rings. The lowest BCUT2D eigenvalue weighted by Crippen LogP contribution is -2.28. The summed E-state index contributed by atoms with van der Waals surface area (Å²) in [6.07, 6.45) is -0.477. The normalized spacial score (nSPS) is 13.1. The molecule has 78 valence electrons. The summed E-state index contributed by atoms with van der Waals surface area (Å²) < 4.78 is 24.1. The van der Waals surface area contributed by atoms with Gasteiger partial charge in [-0.15, -0.1) is 0 Å². The highest BCUT2D eigenvalue weighted by Crippen LogP contribution is 2.09. The van der Waals surface area contributed by atoms with Crippen LogP contribution in [0.15, 0.2) is 30.3 Å². The van der Waals surface area contributed by atoms with Gasteiger partial charge in [-0.05, 0) is 24.8 Å². The van der Waals surface area contributed by atoms with Crippen molar-refractivity contribution in [1.82, 2.24) is 0 Å². The van der Waals surface area contributed by atoms with Gasteiger partial charge in [-0.1, -0.05) is 30.3 Å². The minimum atomic E-state index is -2.40. The Morgan fingerprint density at radius 1 is 1.14 bits per heavy atom. The van der Waals surface area contributed by atoms with Crippen molar-refractivity contribution in [3.63, 3.8) is 0 Å². The van der Waals surface area contributed by atoms with E-state index in [4.69, 9.17) is 5.73 Å². The second-order valence-corrected chi connectivity index (χ2v) is 3.38. The Labute approximate surface area is 82.9 Å². The van der Waals surface area contributed by atoms with Crippen LogP contribution in [-0.2, 0) is 6.42 Å². The van der Waals surface area contributed by atoms with Gasteiger partial charge in [0.15, 0.2) is 0 Å². The van der Waals surface area contributed by atoms with Crippen LogP contribution in [0.5, 0.6) is 0 Å². The molecular formula is C11H15F2N. The quantitative estimate of drug-likeness (QED) is 0.775. The van der Waals surface area contributed by atoms with Crippen LogP contribution in [0, 0.1) is 0 Å². The number of halogens is 2. The Bertz CT molecular complexity index is 249. The molecule has 0 spiro atoms. The highest BCUT2D eigenvalue weighted by molar-refractivity contribution is 5.14. The molecule has 0 bridgehead atoms. The molecule has 2 N–H and O–H groups in total. The van der Waals surface area contributed by atoms with Gasteiger partial charge in [-0.25, -0.2) is 8.78 Å². The monoisotopic (exact) mass is 199 g/mol. The SMILES string of the molecule is NC(CCCc1ccccc1)C(F)F. The van der Waals surface area contributed by atoms with Crippen molar-refractivity contribution in [3.8, 4) is 0 Å².